The summed E-state index contributed by atoms with van der Waals surface area (Å²) in [5.74, 6) is -0.913. The van der Waals surface area contributed by atoms with Gasteiger partial charge in [0.2, 0.25) is 0 Å². The number of pyridine rings is 1. The number of anilines is 1. The molecule has 0 unspecified atom stereocenters. The molecule has 0 radical (unpaired) electrons. The largest absolute Gasteiger partial charge is 0.478 e. The van der Waals surface area contributed by atoms with Gasteiger partial charge in [0.25, 0.3) is 0 Å². The molecule has 4 nitrogen and oxygen atoms in total. The molecular formula is C14H20N2O2. The number of carboxylic acids is 1. The number of hydrogen-bond donors (Lipinski definition) is 2. The van der Waals surface area contributed by atoms with Gasteiger partial charge < -0.3 is 10.4 Å². The second-order valence-corrected chi connectivity index (χ2v) is 5.28. The Morgan fingerprint density at radius 1 is 1.50 bits per heavy atom. The van der Waals surface area contributed by atoms with E-state index in [1.807, 2.05) is 13.0 Å². The summed E-state index contributed by atoms with van der Waals surface area (Å²) in [6.45, 7) is 6.67. The van der Waals surface area contributed by atoms with E-state index < -0.39 is 5.97 Å². The quantitative estimate of drug-likeness (QED) is 0.840. The molecule has 1 saturated carbocycles. The third-order valence-electron chi connectivity index (χ3n) is 3.90. The highest BCUT2D eigenvalue weighted by molar-refractivity contribution is 5.95. The normalized spacial score (nSPS) is 16.4. The maximum absolute atomic E-state index is 11.3. The van der Waals surface area contributed by atoms with Crippen molar-refractivity contribution < 1.29 is 9.90 Å². The Hall–Kier alpha value is -1.58. The van der Waals surface area contributed by atoms with Gasteiger partial charge in [0.15, 0.2) is 0 Å². The topological polar surface area (TPSA) is 62.2 Å². The van der Waals surface area contributed by atoms with Crippen LogP contribution in [0.1, 0.15) is 47.9 Å². The highest BCUT2D eigenvalue weighted by Crippen LogP contribution is 2.48. The maximum Gasteiger partial charge on any atom is 0.339 e. The smallest absolute Gasteiger partial charge is 0.339 e. The molecule has 1 fully saturated rings. The van der Waals surface area contributed by atoms with E-state index in [9.17, 15) is 9.90 Å². The molecule has 0 bridgehead atoms. The van der Waals surface area contributed by atoms with Crippen LogP contribution in [0.25, 0.3) is 0 Å². The summed E-state index contributed by atoms with van der Waals surface area (Å²) in [7, 11) is 0. The van der Waals surface area contributed by atoms with E-state index in [2.05, 4.69) is 17.2 Å². The lowest BCUT2D eigenvalue weighted by Gasteiger charge is -2.17. The van der Waals surface area contributed by atoms with Crippen LogP contribution in [-0.2, 0) is 0 Å². The predicted molar refractivity (Wildman–Crippen MR) is 71.1 cm³/mol. The highest BCUT2D eigenvalue weighted by Gasteiger charge is 2.40. The Morgan fingerprint density at radius 3 is 2.67 bits per heavy atom. The van der Waals surface area contributed by atoms with Crippen molar-refractivity contribution in [2.75, 3.05) is 11.9 Å². The maximum atomic E-state index is 11.3. The van der Waals surface area contributed by atoms with Gasteiger partial charge in [-0.2, -0.15) is 0 Å². The molecular weight excluding hydrogens is 228 g/mol. The Labute approximate surface area is 107 Å². The number of nitrogens with zero attached hydrogens (tertiary/aromatic N) is 1. The number of rotatable bonds is 5. The van der Waals surface area contributed by atoms with E-state index in [-0.39, 0.29) is 0 Å². The predicted octanol–water partition coefficient (Wildman–Crippen LogP) is 3.00. The number of carbonyl (C=O) groups is 1. The summed E-state index contributed by atoms with van der Waals surface area (Å²) in [6.07, 6.45) is 3.62. The molecule has 4 heteroatoms. The van der Waals surface area contributed by atoms with Crippen molar-refractivity contribution in [3.05, 3.63) is 23.0 Å². The molecule has 1 heterocycles. The summed E-state index contributed by atoms with van der Waals surface area (Å²) in [4.78, 5) is 15.5. The Bertz CT molecular complexity index is 479. The first kappa shape index (κ1) is 12.9. The van der Waals surface area contributed by atoms with Crippen LogP contribution in [0.3, 0.4) is 0 Å². The SMILES string of the molecule is CCC1(CNc2cc(C)nc(C)c2C(=O)O)CC1. The van der Waals surface area contributed by atoms with Crippen LogP contribution < -0.4 is 5.32 Å². The summed E-state index contributed by atoms with van der Waals surface area (Å²) >= 11 is 0. The molecule has 0 aromatic carbocycles. The van der Waals surface area contributed by atoms with Crippen LogP contribution in [-0.4, -0.2) is 22.6 Å². The second kappa shape index (κ2) is 4.59. The fourth-order valence-corrected chi connectivity index (χ4v) is 2.35. The summed E-state index contributed by atoms with van der Waals surface area (Å²) in [6, 6.07) is 1.82. The van der Waals surface area contributed by atoms with Crippen molar-refractivity contribution in [2.45, 2.75) is 40.0 Å². The van der Waals surface area contributed by atoms with Gasteiger partial charge >= 0.3 is 5.97 Å². The van der Waals surface area contributed by atoms with Gasteiger partial charge in [0.1, 0.15) is 5.56 Å². The van der Waals surface area contributed by atoms with E-state index in [0.717, 1.165) is 18.7 Å². The average molecular weight is 248 g/mol. The molecule has 0 spiro atoms. The van der Waals surface area contributed by atoms with Crippen molar-refractivity contribution in [3.8, 4) is 0 Å². The van der Waals surface area contributed by atoms with Crippen molar-refractivity contribution in [2.24, 2.45) is 5.41 Å². The van der Waals surface area contributed by atoms with E-state index >= 15 is 0 Å². The van der Waals surface area contributed by atoms with E-state index in [1.165, 1.54) is 12.8 Å². The zero-order valence-corrected chi connectivity index (χ0v) is 11.2. The minimum absolute atomic E-state index is 0.299. The van der Waals surface area contributed by atoms with Crippen LogP contribution >= 0.6 is 0 Å². The third kappa shape index (κ3) is 2.47. The second-order valence-electron chi connectivity index (χ2n) is 5.28. The van der Waals surface area contributed by atoms with Crippen molar-refractivity contribution >= 4 is 11.7 Å². The number of nitrogens with one attached hydrogen (secondary N) is 1. The lowest BCUT2D eigenvalue weighted by atomic mass is 10.0. The summed E-state index contributed by atoms with van der Waals surface area (Å²) < 4.78 is 0. The van der Waals surface area contributed by atoms with Gasteiger partial charge in [0, 0.05) is 12.2 Å². The third-order valence-corrected chi connectivity index (χ3v) is 3.90. The average Bonchev–Trinajstić information content (AvgIpc) is 3.05. The molecule has 98 valence electrons. The molecule has 18 heavy (non-hydrogen) atoms. The van der Waals surface area contributed by atoms with Gasteiger partial charge in [-0.25, -0.2) is 4.79 Å². The molecule has 1 aliphatic carbocycles. The van der Waals surface area contributed by atoms with Gasteiger partial charge in [-0.15, -0.1) is 0 Å². The molecule has 0 saturated heterocycles. The number of hydrogen-bond acceptors (Lipinski definition) is 3. The summed E-state index contributed by atoms with van der Waals surface area (Å²) in [5.41, 5.74) is 2.81. The molecule has 1 aromatic heterocycles. The fourth-order valence-electron chi connectivity index (χ4n) is 2.35. The first-order valence-electron chi connectivity index (χ1n) is 6.43. The minimum Gasteiger partial charge on any atom is -0.478 e. The molecule has 0 amide bonds. The van der Waals surface area contributed by atoms with E-state index in [4.69, 9.17) is 0 Å². The Kier molecular flexibility index (Phi) is 3.28. The van der Waals surface area contributed by atoms with Gasteiger partial charge in [-0.3, -0.25) is 4.98 Å². The van der Waals surface area contributed by atoms with Crippen molar-refractivity contribution in [1.82, 2.24) is 4.98 Å². The molecule has 0 aliphatic heterocycles. The lowest BCUT2D eigenvalue weighted by Crippen LogP contribution is -2.17. The minimum atomic E-state index is -0.913. The Morgan fingerprint density at radius 2 is 2.17 bits per heavy atom. The van der Waals surface area contributed by atoms with Gasteiger partial charge in [-0.05, 0) is 44.6 Å². The van der Waals surface area contributed by atoms with Gasteiger partial charge in [-0.1, -0.05) is 6.92 Å². The van der Waals surface area contributed by atoms with Crippen LogP contribution in [0.15, 0.2) is 6.07 Å². The fraction of sp³-hybridized carbons (Fsp3) is 0.571. The van der Waals surface area contributed by atoms with E-state index in [1.54, 1.807) is 6.92 Å². The zero-order chi connectivity index (χ0) is 13.3. The van der Waals surface area contributed by atoms with Crippen molar-refractivity contribution in [1.29, 1.82) is 0 Å². The van der Waals surface area contributed by atoms with Crippen LogP contribution in [0.4, 0.5) is 5.69 Å². The molecule has 2 rings (SSSR count). The van der Waals surface area contributed by atoms with Gasteiger partial charge in [0.05, 0.1) is 11.4 Å². The van der Waals surface area contributed by atoms with E-state index in [0.29, 0.717) is 22.4 Å². The van der Waals surface area contributed by atoms with Crippen LogP contribution in [0.2, 0.25) is 0 Å². The zero-order valence-electron chi connectivity index (χ0n) is 11.2. The molecule has 1 aromatic rings. The highest BCUT2D eigenvalue weighted by atomic mass is 16.4. The number of carboxylic acid groups (broad SMARTS) is 1. The lowest BCUT2D eigenvalue weighted by molar-refractivity contribution is 0.0696. The number of aryl methyl sites for hydroxylation is 2. The number of aromatic nitrogens is 1. The molecule has 1 aliphatic rings. The Balaban J connectivity index is 2.23. The first-order valence-corrected chi connectivity index (χ1v) is 6.43. The molecule has 2 N–H and O–H groups in total. The van der Waals surface area contributed by atoms with Crippen LogP contribution in [0, 0.1) is 19.3 Å². The monoisotopic (exact) mass is 248 g/mol. The number of aromatic carboxylic acids is 1. The van der Waals surface area contributed by atoms with Crippen LogP contribution in [0.5, 0.6) is 0 Å². The first-order chi connectivity index (χ1) is 8.47. The molecule has 0 atom stereocenters. The van der Waals surface area contributed by atoms with Crippen molar-refractivity contribution in [3.63, 3.8) is 0 Å². The standard InChI is InChI=1S/C14H20N2O2/c1-4-14(5-6-14)8-15-11-7-9(2)16-10(3)12(11)13(17)18/h7H,4-6,8H2,1-3H3,(H,15,16)(H,17,18). The summed E-state index contributed by atoms with van der Waals surface area (Å²) in [5, 5.41) is 12.6.